The Kier molecular flexibility index (Phi) is 6.85. The molecule has 2 nitrogen and oxygen atoms in total. The maximum atomic E-state index is 3.03. The lowest BCUT2D eigenvalue weighted by molar-refractivity contribution is 0.557. The minimum Gasteiger partial charge on any atom is -0.261 e. The van der Waals surface area contributed by atoms with Gasteiger partial charge in [0.05, 0.1) is 0 Å². The third kappa shape index (κ3) is 5.92. The Labute approximate surface area is 51.6 Å². The maximum absolute atomic E-state index is 3.03. The van der Waals surface area contributed by atoms with Gasteiger partial charge in [0.2, 0.25) is 0 Å². The zero-order valence-electron chi connectivity index (χ0n) is 5.83. The van der Waals surface area contributed by atoms with E-state index in [1.165, 1.54) is 19.3 Å². The van der Waals surface area contributed by atoms with Crippen molar-refractivity contribution in [2.24, 2.45) is 0 Å². The summed E-state index contributed by atoms with van der Waals surface area (Å²) in [5.41, 5.74) is 5.91. The van der Waals surface area contributed by atoms with Gasteiger partial charge in [-0.25, -0.2) is 0 Å². The van der Waals surface area contributed by atoms with E-state index in [0.717, 1.165) is 6.54 Å². The van der Waals surface area contributed by atoms with E-state index in [2.05, 4.69) is 17.8 Å². The van der Waals surface area contributed by atoms with Gasteiger partial charge in [0.25, 0.3) is 0 Å². The van der Waals surface area contributed by atoms with E-state index in [0.29, 0.717) is 0 Å². The van der Waals surface area contributed by atoms with E-state index >= 15 is 0 Å². The van der Waals surface area contributed by atoms with E-state index < -0.39 is 0 Å². The zero-order chi connectivity index (χ0) is 6.24. The van der Waals surface area contributed by atoms with Crippen LogP contribution in [0.4, 0.5) is 0 Å². The predicted octanol–water partition coefficient (Wildman–Crippen LogP) is 0.901. The molecule has 0 aliphatic rings. The van der Waals surface area contributed by atoms with Crippen molar-refractivity contribution in [2.45, 2.75) is 26.2 Å². The molecule has 0 aliphatic heterocycles. The van der Waals surface area contributed by atoms with Gasteiger partial charge >= 0.3 is 0 Å². The summed E-state index contributed by atoms with van der Waals surface area (Å²) in [6.07, 6.45) is 3.90. The molecule has 0 aromatic rings. The standard InChI is InChI=1S/C6H16N2/c1-3-4-5-6-8-7-2/h7-8H,3-6H2,1-2H3. The van der Waals surface area contributed by atoms with Gasteiger partial charge < -0.3 is 0 Å². The molecule has 0 rings (SSSR count). The highest BCUT2D eigenvalue weighted by atomic mass is 15.3. The van der Waals surface area contributed by atoms with Crippen LogP contribution in [-0.2, 0) is 0 Å². The Hall–Kier alpha value is -0.0800. The molecule has 0 amide bonds. The number of hydrogen-bond donors (Lipinski definition) is 2. The van der Waals surface area contributed by atoms with Gasteiger partial charge in [-0.2, -0.15) is 0 Å². The van der Waals surface area contributed by atoms with Gasteiger partial charge in [0.1, 0.15) is 0 Å². The first-order valence-electron chi connectivity index (χ1n) is 3.31. The molecule has 0 aromatic heterocycles. The molecule has 0 spiro atoms. The fourth-order valence-electron chi connectivity index (χ4n) is 0.588. The van der Waals surface area contributed by atoms with E-state index in [9.17, 15) is 0 Å². The molecule has 50 valence electrons. The molecule has 0 saturated carbocycles. The van der Waals surface area contributed by atoms with Crippen LogP contribution in [0.15, 0.2) is 0 Å². The molecule has 0 bridgehead atoms. The Bertz CT molecular complexity index is 31.5. The van der Waals surface area contributed by atoms with Gasteiger partial charge in [-0.1, -0.05) is 19.8 Å². The van der Waals surface area contributed by atoms with Crippen LogP contribution in [0.1, 0.15) is 26.2 Å². The lowest BCUT2D eigenvalue weighted by Crippen LogP contribution is -2.28. The first kappa shape index (κ1) is 7.92. The second-order valence-corrected chi connectivity index (χ2v) is 1.88. The van der Waals surface area contributed by atoms with Crippen LogP contribution in [0.3, 0.4) is 0 Å². The number of unbranched alkanes of at least 4 members (excludes halogenated alkanes) is 2. The SMILES string of the molecule is CCCCCNNC. The second kappa shape index (κ2) is 6.92. The molecule has 2 heteroatoms. The minimum absolute atomic E-state index is 1.09. The number of hydrazine groups is 1. The molecule has 0 aliphatic carbocycles. The third-order valence-corrected chi connectivity index (χ3v) is 1.08. The Morgan fingerprint density at radius 3 is 2.50 bits per heavy atom. The maximum Gasteiger partial charge on any atom is 0.00996 e. The van der Waals surface area contributed by atoms with Crippen molar-refractivity contribution in [2.75, 3.05) is 13.6 Å². The van der Waals surface area contributed by atoms with Crippen LogP contribution in [0.25, 0.3) is 0 Å². The van der Waals surface area contributed by atoms with Crippen LogP contribution in [0.2, 0.25) is 0 Å². The molecule has 0 aromatic carbocycles. The smallest absolute Gasteiger partial charge is 0.00996 e. The van der Waals surface area contributed by atoms with Crippen molar-refractivity contribution in [3.8, 4) is 0 Å². The number of hydrogen-bond acceptors (Lipinski definition) is 2. The zero-order valence-corrected chi connectivity index (χ0v) is 5.83. The molecule has 0 fully saturated rings. The lowest BCUT2D eigenvalue weighted by Gasteiger charge is -1.98. The van der Waals surface area contributed by atoms with Crippen LogP contribution in [0.5, 0.6) is 0 Å². The molecule has 0 radical (unpaired) electrons. The van der Waals surface area contributed by atoms with Gasteiger partial charge in [-0.3, -0.25) is 10.9 Å². The molecule has 0 saturated heterocycles. The van der Waals surface area contributed by atoms with Gasteiger partial charge in [0.15, 0.2) is 0 Å². The van der Waals surface area contributed by atoms with Crippen molar-refractivity contribution >= 4 is 0 Å². The second-order valence-electron chi connectivity index (χ2n) is 1.88. The summed E-state index contributed by atoms with van der Waals surface area (Å²) in [6.45, 7) is 3.30. The van der Waals surface area contributed by atoms with Gasteiger partial charge in [0, 0.05) is 6.54 Å². The van der Waals surface area contributed by atoms with Crippen LogP contribution in [-0.4, -0.2) is 13.6 Å². The highest BCUT2D eigenvalue weighted by Gasteiger charge is 1.81. The highest BCUT2D eigenvalue weighted by molar-refractivity contribution is 4.39. The molecule has 8 heavy (non-hydrogen) atoms. The summed E-state index contributed by atoms with van der Waals surface area (Å²) >= 11 is 0. The van der Waals surface area contributed by atoms with E-state index in [4.69, 9.17) is 0 Å². The third-order valence-electron chi connectivity index (χ3n) is 1.08. The predicted molar refractivity (Wildman–Crippen MR) is 36.6 cm³/mol. The molecule has 2 N–H and O–H groups in total. The topological polar surface area (TPSA) is 24.1 Å². The van der Waals surface area contributed by atoms with Crippen LogP contribution < -0.4 is 10.9 Å². The highest BCUT2D eigenvalue weighted by Crippen LogP contribution is 1.89. The van der Waals surface area contributed by atoms with Gasteiger partial charge in [-0.15, -0.1) is 0 Å². The average molecular weight is 116 g/mol. The Morgan fingerprint density at radius 1 is 1.25 bits per heavy atom. The van der Waals surface area contributed by atoms with E-state index in [-0.39, 0.29) is 0 Å². The normalized spacial score (nSPS) is 9.75. The van der Waals surface area contributed by atoms with Crippen molar-refractivity contribution in [1.82, 2.24) is 10.9 Å². The summed E-state index contributed by atoms with van der Waals surface area (Å²) in [4.78, 5) is 0. The minimum atomic E-state index is 1.09. The fourth-order valence-corrected chi connectivity index (χ4v) is 0.588. The first-order valence-corrected chi connectivity index (χ1v) is 3.31. The summed E-state index contributed by atoms with van der Waals surface area (Å²) in [6, 6.07) is 0. The van der Waals surface area contributed by atoms with Gasteiger partial charge in [-0.05, 0) is 13.5 Å². The first-order chi connectivity index (χ1) is 3.91. The summed E-state index contributed by atoms with van der Waals surface area (Å²) in [5, 5.41) is 0. The average Bonchev–Trinajstić information content (AvgIpc) is 1.81. The van der Waals surface area contributed by atoms with Crippen molar-refractivity contribution < 1.29 is 0 Å². The number of nitrogens with one attached hydrogen (secondary N) is 2. The largest absolute Gasteiger partial charge is 0.261 e. The summed E-state index contributed by atoms with van der Waals surface area (Å²) in [5.74, 6) is 0. The fraction of sp³-hybridized carbons (Fsp3) is 1.00. The molecule has 0 atom stereocenters. The Balaban J connectivity index is 2.53. The van der Waals surface area contributed by atoms with Crippen LogP contribution >= 0.6 is 0 Å². The van der Waals surface area contributed by atoms with E-state index in [1.807, 2.05) is 7.05 Å². The lowest BCUT2D eigenvalue weighted by atomic mass is 10.3. The van der Waals surface area contributed by atoms with Crippen molar-refractivity contribution in [1.29, 1.82) is 0 Å². The molecule has 0 heterocycles. The number of rotatable bonds is 5. The molecular formula is C6H16N2. The molecular weight excluding hydrogens is 100 g/mol. The quantitative estimate of drug-likeness (QED) is 0.412. The van der Waals surface area contributed by atoms with Crippen molar-refractivity contribution in [3.63, 3.8) is 0 Å². The summed E-state index contributed by atoms with van der Waals surface area (Å²) < 4.78 is 0. The van der Waals surface area contributed by atoms with Crippen molar-refractivity contribution in [3.05, 3.63) is 0 Å². The monoisotopic (exact) mass is 116 g/mol. The van der Waals surface area contributed by atoms with Crippen LogP contribution in [0, 0.1) is 0 Å². The summed E-state index contributed by atoms with van der Waals surface area (Å²) in [7, 11) is 1.89. The van der Waals surface area contributed by atoms with E-state index in [1.54, 1.807) is 0 Å². The Morgan fingerprint density at radius 2 is 2.00 bits per heavy atom. The molecule has 0 unspecified atom stereocenters.